The van der Waals surface area contributed by atoms with Crippen molar-refractivity contribution in [3.8, 4) is 5.75 Å². The molecule has 0 saturated carbocycles. The molecule has 0 unspecified atom stereocenters. The number of carbonyl (C=O) groups excluding carboxylic acids is 2. The Morgan fingerprint density at radius 1 is 1.12 bits per heavy atom. The van der Waals surface area contributed by atoms with E-state index >= 15 is 0 Å². The second-order valence-corrected chi connectivity index (χ2v) is 5.52. The standard InChI is InChI=1S/C19H22N2O4/c1-13-6-5-8-15(18(13)20)19(23)25-12-17(22)21-11-10-14-7-3-4-9-16(14)24-2/h3-9H,10-12,20H2,1-2H3,(H,21,22). The summed E-state index contributed by atoms with van der Waals surface area (Å²) in [5, 5.41) is 2.71. The van der Waals surface area contributed by atoms with Gasteiger partial charge in [-0.2, -0.15) is 0 Å². The molecule has 0 spiro atoms. The molecule has 0 atom stereocenters. The van der Waals surface area contributed by atoms with Crippen molar-refractivity contribution in [2.75, 3.05) is 26.0 Å². The number of amides is 1. The van der Waals surface area contributed by atoms with Gasteiger partial charge < -0.3 is 20.5 Å². The van der Waals surface area contributed by atoms with E-state index in [1.54, 1.807) is 32.2 Å². The van der Waals surface area contributed by atoms with Crippen molar-refractivity contribution in [1.29, 1.82) is 0 Å². The van der Waals surface area contributed by atoms with Gasteiger partial charge in [0, 0.05) is 12.2 Å². The van der Waals surface area contributed by atoms with E-state index in [-0.39, 0.29) is 18.1 Å². The number of rotatable bonds is 7. The highest BCUT2D eigenvalue weighted by atomic mass is 16.5. The minimum Gasteiger partial charge on any atom is -0.496 e. The maximum atomic E-state index is 12.0. The molecule has 0 saturated heterocycles. The molecule has 1 amide bonds. The fourth-order valence-electron chi connectivity index (χ4n) is 2.36. The first-order valence-corrected chi connectivity index (χ1v) is 7.93. The van der Waals surface area contributed by atoms with Gasteiger partial charge in [0.05, 0.1) is 12.7 Å². The summed E-state index contributed by atoms with van der Waals surface area (Å²) in [5.41, 5.74) is 8.26. The van der Waals surface area contributed by atoms with E-state index in [0.717, 1.165) is 16.9 Å². The molecule has 6 heteroatoms. The Kier molecular flexibility index (Phi) is 6.39. The number of aryl methyl sites for hydroxylation is 1. The predicted octanol–water partition coefficient (Wildman–Crippen LogP) is 2.10. The summed E-state index contributed by atoms with van der Waals surface area (Å²) in [6.45, 7) is 1.87. The largest absolute Gasteiger partial charge is 0.496 e. The molecule has 0 fully saturated rings. The number of nitrogens with one attached hydrogen (secondary N) is 1. The lowest BCUT2D eigenvalue weighted by atomic mass is 10.1. The molecule has 0 aromatic heterocycles. The zero-order valence-electron chi connectivity index (χ0n) is 14.4. The number of hydrogen-bond acceptors (Lipinski definition) is 5. The van der Waals surface area contributed by atoms with Crippen LogP contribution in [0.4, 0.5) is 5.69 Å². The minimum absolute atomic E-state index is 0.266. The van der Waals surface area contributed by atoms with Crippen LogP contribution in [0.3, 0.4) is 0 Å². The van der Waals surface area contributed by atoms with E-state index in [1.807, 2.05) is 24.3 Å². The highest BCUT2D eigenvalue weighted by Gasteiger charge is 2.14. The number of nitrogen functional groups attached to an aromatic ring is 1. The first kappa shape index (κ1) is 18.3. The van der Waals surface area contributed by atoms with Crippen molar-refractivity contribution in [2.24, 2.45) is 0 Å². The number of ether oxygens (including phenoxy) is 2. The number of benzene rings is 2. The van der Waals surface area contributed by atoms with Crippen LogP contribution in [0.15, 0.2) is 42.5 Å². The van der Waals surface area contributed by atoms with E-state index < -0.39 is 5.97 Å². The Hall–Kier alpha value is -3.02. The second kappa shape index (κ2) is 8.73. The van der Waals surface area contributed by atoms with Crippen LogP contribution in [0.5, 0.6) is 5.75 Å². The minimum atomic E-state index is -0.610. The Bertz CT molecular complexity index is 759. The summed E-state index contributed by atoms with van der Waals surface area (Å²) in [6, 6.07) is 12.7. The first-order chi connectivity index (χ1) is 12.0. The Morgan fingerprint density at radius 3 is 2.64 bits per heavy atom. The fraction of sp³-hybridized carbons (Fsp3) is 0.263. The zero-order chi connectivity index (χ0) is 18.2. The third-order valence-electron chi connectivity index (χ3n) is 3.79. The summed E-state index contributed by atoms with van der Waals surface area (Å²) in [7, 11) is 1.61. The molecule has 0 bridgehead atoms. The van der Waals surface area contributed by atoms with E-state index in [2.05, 4.69) is 5.32 Å². The molecule has 0 aliphatic rings. The highest BCUT2D eigenvalue weighted by Crippen LogP contribution is 2.18. The topological polar surface area (TPSA) is 90.6 Å². The molecule has 0 aliphatic heterocycles. The quantitative estimate of drug-likeness (QED) is 0.594. The lowest BCUT2D eigenvalue weighted by Crippen LogP contribution is -2.30. The molecule has 2 aromatic carbocycles. The SMILES string of the molecule is COc1ccccc1CCNC(=O)COC(=O)c1cccc(C)c1N. The number of esters is 1. The van der Waals surface area contributed by atoms with Crippen LogP contribution < -0.4 is 15.8 Å². The van der Waals surface area contributed by atoms with Crippen LogP contribution in [0.1, 0.15) is 21.5 Å². The summed E-state index contributed by atoms with van der Waals surface area (Å²) in [4.78, 5) is 23.8. The Labute approximate surface area is 146 Å². The average Bonchev–Trinajstić information content (AvgIpc) is 2.62. The van der Waals surface area contributed by atoms with Gasteiger partial charge in [0.15, 0.2) is 6.61 Å². The number of carbonyl (C=O) groups is 2. The van der Waals surface area contributed by atoms with Crippen molar-refractivity contribution in [1.82, 2.24) is 5.32 Å². The van der Waals surface area contributed by atoms with Gasteiger partial charge in [0.2, 0.25) is 0 Å². The summed E-state index contributed by atoms with van der Waals surface area (Å²) in [5.74, 6) is -0.200. The van der Waals surface area contributed by atoms with E-state index in [0.29, 0.717) is 18.7 Å². The molecule has 2 aromatic rings. The molecule has 6 nitrogen and oxygen atoms in total. The van der Waals surface area contributed by atoms with Gasteiger partial charge in [-0.1, -0.05) is 30.3 Å². The lowest BCUT2D eigenvalue weighted by Gasteiger charge is -2.10. The van der Waals surface area contributed by atoms with E-state index in [9.17, 15) is 9.59 Å². The molecule has 132 valence electrons. The van der Waals surface area contributed by atoms with Crippen molar-refractivity contribution < 1.29 is 19.1 Å². The molecular formula is C19H22N2O4. The average molecular weight is 342 g/mol. The third-order valence-corrected chi connectivity index (χ3v) is 3.79. The van der Waals surface area contributed by atoms with Gasteiger partial charge in [0.25, 0.3) is 5.91 Å². The number of anilines is 1. The monoisotopic (exact) mass is 342 g/mol. The Morgan fingerprint density at radius 2 is 1.88 bits per heavy atom. The summed E-state index contributed by atoms with van der Waals surface area (Å²) < 4.78 is 10.3. The molecule has 2 rings (SSSR count). The van der Waals surface area contributed by atoms with Crippen molar-refractivity contribution >= 4 is 17.6 Å². The predicted molar refractivity (Wildman–Crippen MR) is 95.6 cm³/mol. The highest BCUT2D eigenvalue weighted by molar-refractivity contribution is 5.96. The summed E-state index contributed by atoms with van der Waals surface area (Å²) >= 11 is 0. The van der Waals surface area contributed by atoms with Gasteiger partial charge in [0.1, 0.15) is 5.75 Å². The van der Waals surface area contributed by atoms with Crippen LogP contribution in [0.25, 0.3) is 0 Å². The number of methoxy groups -OCH3 is 1. The first-order valence-electron chi connectivity index (χ1n) is 7.93. The van der Waals surface area contributed by atoms with Crippen LogP contribution in [-0.4, -0.2) is 32.1 Å². The van der Waals surface area contributed by atoms with Gasteiger partial charge in [-0.25, -0.2) is 4.79 Å². The molecular weight excluding hydrogens is 320 g/mol. The third kappa shape index (κ3) is 4.97. The van der Waals surface area contributed by atoms with E-state index in [1.165, 1.54) is 0 Å². The molecule has 0 radical (unpaired) electrons. The van der Waals surface area contributed by atoms with Gasteiger partial charge in [-0.05, 0) is 36.6 Å². The smallest absolute Gasteiger partial charge is 0.340 e. The second-order valence-electron chi connectivity index (χ2n) is 5.52. The fourth-order valence-corrected chi connectivity index (χ4v) is 2.36. The molecule has 0 aliphatic carbocycles. The number of nitrogens with two attached hydrogens (primary N) is 1. The lowest BCUT2D eigenvalue weighted by molar-refractivity contribution is -0.124. The van der Waals surface area contributed by atoms with Crippen LogP contribution in [-0.2, 0) is 16.0 Å². The maximum absolute atomic E-state index is 12.0. The van der Waals surface area contributed by atoms with Crippen molar-refractivity contribution in [2.45, 2.75) is 13.3 Å². The van der Waals surface area contributed by atoms with Crippen LogP contribution in [0, 0.1) is 6.92 Å². The van der Waals surface area contributed by atoms with Crippen LogP contribution in [0.2, 0.25) is 0 Å². The zero-order valence-corrected chi connectivity index (χ0v) is 14.4. The van der Waals surface area contributed by atoms with Crippen molar-refractivity contribution in [3.63, 3.8) is 0 Å². The maximum Gasteiger partial charge on any atom is 0.340 e. The normalized spacial score (nSPS) is 10.2. The van der Waals surface area contributed by atoms with Crippen LogP contribution >= 0.6 is 0 Å². The van der Waals surface area contributed by atoms with Crippen molar-refractivity contribution in [3.05, 3.63) is 59.2 Å². The summed E-state index contributed by atoms with van der Waals surface area (Å²) in [6.07, 6.45) is 0.620. The number of hydrogen-bond donors (Lipinski definition) is 2. The molecule has 0 heterocycles. The molecule has 3 N–H and O–H groups in total. The Balaban J connectivity index is 1.79. The van der Waals surface area contributed by atoms with E-state index in [4.69, 9.17) is 15.2 Å². The van der Waals surface area contributed by atoms with Gasteiger partial charge >= 0.3 is 5.97 Å². The number of para-hydroxylation sites is 2. The van der Waals surface area contributed by atoms with Gasteiger partial charge in [-0.3, -0.25) is 4.79 Å². The molecule has 25 heavy (non-hydrogen) atoms. The van der Waals surface area contributed by atoms with Gasteiger partial charge in [-0.15, -0.1) is 0 Å².